The van der Waals surface area contributed by atoms with E-state index in [-0.39, 0.29) is 6.10 Å². The van der Waals surface area contributed by atoms with Gasteiger partial charge in [0.25, 0.3) is 0 Å². The number of hydrogen-bond acceptors (Lipinski definition) is 4. The first-order valence-corrected chi connectivity index (χ1v) is 8.79. The Morgan fingerprint density at radius 2 is 2.04 bits per heavy atom. The molecular weight excluding hydrogens is 328 g/mol. The summed E-state index contributed by atoms with van der Waals surface area (Å²) < 4.78 is 11.1. The zero-order valence-corrected chi connectivity index (χ0v) is 15.9. The van der Waals surface area contributed by atoms with E-state index in [0.717, 1.165) is 23.4 Å². The van der Waals surface area contributed by atoms with Gasteiger partial charge in [-0.15, -0.1) is 0 Å². The van der Waals surface area contributed by atoms with Gasteiger partial charge in [0.2, 0.25) is 5.88 Å². The van der Waals surface area contributed by atoms with Crippen LogP contribution in [0.4, 0.5) is 5.69 Å². The van der Waals surface area contributed by atoms with Crippen LogP contribution >= 0.6 is 0 Å². The molecule has 1 aromatic heterocycles. The zero-order valence-electron chi connectivity index (χ0n) is 15.9. The highest BCUT2D eigenvalue weighted by molar-refractivity contribution is 5.92. The molecule has 0 saturated heterocycles. The van der Waals surface area contributed by atoms with Gasteiger partial charge in [0.1, 0.15) is 5.75 Å². The normalized spacial score (nSPS) is 12.7. The summed E-state index contributed by atoms with van der Waals surface area (Å²) >= 11 is 0. The monoisotopic (exact) mass is 356 g/mol. The molecule has 2 aromatic rings. The summed E-state index contributed by atoms with van der Waals surface area (Å²) in [6.07, 6.45) is 2.84. The number of nitrogens with zero attached hydrogens (tertiary/aromatic N) is 2. The Kier molecular flexibility index (Phi) is 7.26. The number of methoxy groups -OCH3 is 1. The lowest BCUT2D eigenvalue weighted by Gasteiger charge is -2.16. The summed E-state index contributed by atoms with van der Waals surface area (Å²) in [5.74, 6) is 2.30. The van der Waals surface area contributed by atoms with Crippen LogP contribution in [0.2, 0.25) is 0 Å². The second-order valence-corrected chi connectivity index (χ2v) is 6.62. The van der Waals surface area contributed by atoms with Gasteiger partial charge in [0.05, 0.1) is 19.8 Å². The highest BCUT2D eigenvalue weighted by Gasteiger charge is 2.08. The van der Waals surface area contributed by atoms with Crippen LogP contribution in [0.1, 0.15) is 32.8 Å². The van der Waals surface area contributed by atoms with Crippen LogP contribution in [-0.4, -0.2) is 24.2 Å². The van der Waals surface area contributed by atoms with Crippen LogP contribution in [0.5, 0.6) is 11.6 Å². The lowest BCUT2D eigenvalue weighted by atomic mass is 10.1. The van der Waals surface area contributed by atoms with Crippen LogP contribution in [0, 0.1) is 5.92 Å². The third-order valence-corrected chi connectivity index (χ3v) is 3.70. The van der Waals surface area contributed by atoms with Crippen molar-refractivity contribution in [3.8, 4) is 11.6 Å². The molecule has 1 aromatic carbocycles. The molecule has 2 rings (SSSR count). The minimum atomic E-state index is 0.126. The topological polar surface area (TPSA) is 81.8 Å². The molecule has 0 saturated carbocycles. The van der Waals surface area contributed by atoms with Gasteiger partial charge in [0.15, 0.2) is 5.96 Å². The number of ether oxygens (including phenoxy) is 2. The summed E-state index contributed by atoms with van der Waals surface area (Å²) in [6.45, 7) is 6.86. The lowest BCUT2D eigenvalue weighted by molar-refractivity contribution is 0.185. The van der Waals surface area contributed by atoms with Crippen molar-refractivity contribution in [2.45, 2.75) is 39.8 Å². The maximum Gasteiger partial charge on any atom is 0.213 e. The first-order chi connectivity index (χ1) is 12.5. The summed E-state index contributed by atoms with van der Waals surface area (Å²) in [5.41, 5.74) is 7.78. The Balaban J connectivity index is 1.95. The maximum absolute atomic E-state index is 5.97. The van der Waals surface area contributed by atoms with E-state index in [1.54, 1.807) is 13.3 Å². The van der Waals surface area contributed by atoms with Gasteiger partial charge in [-0.3, -0.25) is 0 Å². The number of rotatable bonds is 8. The molecule has 0 radical (unpaired) electrons. The van der Waals surface area contributed by atoms with Gasteiger partial charge in [-0.2, -0.15) is 0 Å². The predicted octanol–water partition coefficient (Wildman–Crippen LogP) is 3.83. The number of guanidine groups is 1. The number of benzene rings is 1. The van der Waals surface area contributed by atoms with Crippen molar-refractivity contribution in [2.24, 2.45) is 16.6 Å². The third kappa shape index (κ3) is 6.63. The standard InChI is InChI=1S/C20H28N4O2/c1-14(2)10-15(3)26-19-11-16(8-9-22-19)13-23-20(21)24-17-6-5-7-18(12-17)25-4/h5-9,11-12,14-15H,10,13H2,1-4H3,(H3,21,23,24). The summed E-state index contributed by atoms with van der Waals surface area (Å²) in [6, 6.07) is 11.3. The first-order valence-electron chi connectivity index (χ1n) is 8.79. The molecule has 0 aliphatic carbocycles. The molecule has 140 valence electrons. The van der Waals surface area contributed by atoms with Gasteiger partial charge in [0, 0.05) is 24.0 Å². The van der Waals surface area contributed by atoms with Crippen LogP contribution < -0.4 is 20.5 Å². The molecule has 3 N–H and O–H groups in total. The van der Waals surface area contributed by atoms with Gasteiger partial charge in [-0.25, -0.2) is 9.98 Å². The van der Waals surface area contributed by atoms with E-state index in [0.29, 0.717) is 24.3 Å². The quantitative estimate of drug-likeness (QED) is 0.555. The molecule has 6 nitrogen and oxygen atoms in total. The maximum atomic E-state index is 5.97. The van der Waals surface area contributed by atoms with E-state index in [4.69, 9.17) is 15.2 Å². The van der Waals surface area contributed by atoms with Crippen LogP contribution in [-0.2, 0) is 6.54 Å². The van der Waals surface area contributed by atoms with Crippen LogP contribution in [0.25, 0.3) is 0 Å². The lowest BCUT2D eigenvalue weighted by Crippen LogP contribution is -2.22. The van der Waals surface area contributed by atoms with E-state index >= 15 is 0 Å². The van der Waals surface area contributed by atoms with E-state index in [2.05, 4.69) is 36.1 Å². The minimum Gasteiger partial charge on any atom is -0.497 e. The molecule has 1 unspecified atom stereocenters. The van der Waals surface area contributed by atoms with Crippen molar-refractivity contribution in [3.63, 3.8) is 0 Å². The number of hydrogen-bond donors (Lipinski definition) is 2. The molecule has 0 amide bonds. The number of anilines is 1. The minimum absolute atomic E-state index is 0.126. The predicted molar refractivity (Wildman–Crippen MR) is 106 cm³/mol. The first kappa shape index (κ1) is 19.6. The number of aromatic nitrogens is 1. The van der Waals surface area contributed by atoms with E-state index < -0.39 is 0 Å². The van der Waals surface area contributed by atoms with E-state index in [9.17, 15) is 0 Å². The average Bonchev–Trinajstić information content (AvgIpc) is 2.59. The van der Waals surface area contributed by atoms with Crippen LogP contribution in [0.3, 0.4) is 0 Å². The molecule has 1 heterocycles. The second-order valence-electron chi connectivity index (χ2n) is 6.62. The number of nitrogens with one attached hydrogen (secondary N) is 1. The average molecular weight is 356 g/mol. The second kappa shape index (κ2) is 9.65. The molecular formula is C20H28N4O2. The largest absolute Gasteiger partial charge is 0.497 e. The number of pyridine rings is 1. The Bertz CT molecular complexity index is 731. The van der Waals surface area contributed by atoms with Gasteiger partial charge in [-0.05, 0) is 43.0 Å². The summed E-state index contributed by atoms with van der Waals surface area (Å²) in [4.78, 5) is 8.64. The number of nitrogens with two attached hydrogens (primary N) is 1. The number of aliphatic imine (C=N–C) groups is 1. The molecule has 1 atom stereocenters. The highest BCUT2D eigenvalue weighted by atomic mass is 16.5. The fourth-order valence-electron chi connectivity index (χ4n) is 2.60. The van der Waals surface area contributed by atoms with E-state index in [1.165, 1.54) is 0 Å². The fourth-order valence-corrected chi connectivity index (χ4v) is 2.60. The Morgan fingerprint density at radius 1 is 1.23 bits per heavy atom. The third-order valence-electron chi connectivity index (χ3n) is 3.70. The zero-order chi connectivity index (χ0) is 18.9. The Hall–Kier alpha value is -2.76. The van der Waals surface area contributed by atoms with Gasteiger partial charge in [-0.1, -0.05) is 19.9 Å². The van der Waals surface area contributed by atoms with Crippen molar-refractivity contribution >= 4 is 11.6 Å². The molecule has 6 heteroatoms. The van der Waals surface area contributed by atoms with E-state index in [1.807, 2.05) is 36.4 Å². The highest BCUT2D eigenvalue weighted by Crippen LogP contribution is 2.17. The SMILES string of the molecule is COc1cccc(NC(N)=NCc2ccnc(OC(C)CC(C)C)c2)c1. The molecule has 0 bridgehead atoms. The fraction of sp³-hybridized carbons (Fsp3) is 0.400. The molecule has 0 aliphatic rings. The molecule has 0 spiro atoms. The summed E-state index contributed by atoms with van der Waals surface area (Å²) in [5, 5.41) is 3.06. The van der Waals surface area contributed by atoms with Crippen LogP contribution in [0.15, 0.2) is 47.6 Å². The van der Waals surface area contributed by atoms with Crippen molar-refractivity contribution < 1.29 is 9.47 Å². The molecule has 0 fully saturated rings. The van der Waals surface area contributed by atoms with Gasteiger partial charge < -0.3 is 20.5 Å². The molecule has 26 heavy (non-hydrogen) atoms. The van der Waals surface area contributed by atoms with Crippen molar-refractivity contribution in [1.29, 1.82) is 0 Å². The summed E-state index contributed by atoms with van der Waals surface area (Å²) in [7, 11) is 1.63. The smallest absolute Gasteiger partial charge is 0.213 e. The van der Waals surface area contributed by atoms with Crippen molar-refractivity contribution in [2.75, 3.05) is 12.4 Å². The Morgan fingerprint density at radius 3 is 2.77 bits per heavy atom. The van der Waals surface area contributed by atoms with Crippen molar-refractivity contribution in [3.05, 3.63) is 48.2 Å². The van der Waals surface area contributed by atoms with Gasteiger partial charge >= 0.3 is 0 Å². The molecule has 0 aliphatic heterocycles. The van der Waals surface area contributed by atoms with Crippen molar-refractivity contribution in [1.82, 2.24) is 4.98 Å². The Labute approximate surface area is 155 Å².